The van der Waals surface area contributed by atoms with Gasteiger partial charge in [-0.05, 0) is 46.3 Å². The molecule has 0 amide bonds. The molecule has 1 saturated carbocycles. The predicted octanol–water partition coefficient (Wildman–Crippen LogP) is 3.09. The van der Waals surface area contributed by atoms with E-state index in [1.807, 2.05) is 12.1 Å². The molecule has 72 valence electrons. The number of furan rings is 1. The number of halogens is 1. The second-order valence-electron chi connectivity index (χ2n) is 3.74. The van der Waals surface area contributed by atoms with Crippen molar-refractivity contribution in [3.05, 3.63) is 22.6 Å². The third kappa shape index (κ3) is 1.81. The van der Waals surface area contributed by atoms with Gasteiger partial charge in [0.25, 0.3) is 0 Å². The maximum Gasteiger partial charge on any atom is 0.169 e. The summed E-state index contributed by atoms with van der Waals surface area (Å²) in [5, 5.41) is 0. The van der Waals surface area contributed by atoms with E-state index >= 15 is 0 Å². The Morgan fingerprint density at radius 2 is 2.46 bits per heavy atom. The molecule has 0 aromatic carbocycles. The van der Waals surface area contributed by atoms with Gasteiger partial charge in [0.2, 0.25) is 0 Å². The van der Waals surface area contributed by atoms with Gasteiger partial charge in [-0.3, -0.25) is 0 Å². The molecule has 0 aliphatic heterocycles. The van der Waals surface area contributed by atoms with Crippen molar-refractivity contribution in [1.29, 1.82) is 0 Å². The lowest BCUT2D eigenvalue weighted by atomic mass is 10.1. The van der Waals surface area contributed by atoms with Gasteiger partial charge in [0.05, 0.1) is 6.04 Å². The first kappa shape index (κ1) is 9.28. The third-order valence-electron chi connectivity index (χ3n) is 2.89. The van der Waals surface area contributed by atoms with Crippen molar-refractivity contribution < 1.29 is 4.42 Å². The fraction of sp³-hybridized carbons (Fsp3) is 0.600. The predicted molar refractivity (Wildman–Crippen MR) is 55.2 cm³/mol. The van der Waals surface area contributed by atoms with Crippen LogP contribution in [0.5, 0.6) is 0 Å². The fourth-order valence-electron chi connectivity index (χ4n) is 1.90. The van der Waals surface area contributed by atoms with Gasteiger partial charge in [0.1, 0.15) is 5.76 Å². The summed E-state index contributed by atoms with van der Waals surface area (Å²) in [7, 11) is 0. The van der Waals surface area contributed by atoms with E-state index < -0.39 is 0 Å². The largest absolute Gasteiger partial charge is 0.453 e. The van der Waals surface area contributed by atoms with Crippen LogP contribution in [0.2, 0.25) is 0 Å². The minimum Gasteiger partial charge on any atom is -0.453 e. The minimum absolute atomic E-state index is 0.0937. The first-order valence-electron chi connectivity index (χ1n) is 4.73. The zero-order valence-corrected chi connectivity index (χ0v) is 9.25. The van der Waals surface area contributed by atoms with E-state index in [1.165, 1.54) is 12.8 Å². The molecule has 0 spiro atoms. The Morgan fingerprint density at radius 1 is 1.69 bits per heavy atom. The summed E-state index contributed by atoms with van der Waals surface area (Å²) in [6, 6.07) is 3.95. The number of hydrogen-bond donors (Lipinski definition) is 1. The van der Waals surface area contributed by atoms with E-state index in [1.54, 1.807) is 0 Å². The van der Waals surface area contributed by atoms with Crippen molar-refractivity contribution in [1.82, 2.24) is 0 Å². The average Bonchev–Trinajstić information content (AvgIpc) is 2.80. The minimum atomic E-state index is 0.0937. The van der Waals surface area contributed by atoms with Crippen LogP contribution in [0.3, 0.4) is 0 Å². The zero-order valence-electron chi connectivity index (χ0n) is 7.66. The van der Waals surface area contributed by atoms with Gasteiger partial charge in [-0.25, -0.2) is 0 Å². The molecule has 1 aromatic rings. The summed E-state index contributed by atoms with van der Waals surface area (Å²) in [6.07, 6.45) is 2.50. The van der Waals surface area contributed by atoms with Crippen LogP contribution in [0.1, 0.15) is 31.6 Å². The van der Waals surface area contributed by atoms with Crippen molar-refractivity contribution >= 4 is 15.9 Å². The normalized spacial score (nSPS) is 28.8. The Labute approximate surface area is 86.6 Å². The van der Waals surface area contributed by atoms with E-state index in [-0.39, 0.29) is 6.04 Å². The SMILES string of the molecule is CCC1CC1C(N)c1ccc(Br)o1. The monoisotopic (exact) mass is 243 g/mol. The molecule has 2 nitrogen and oxygen atoms in total. The molecule has 3 atom stereocenters. The maximum atomic E-state index is 6.06. The van der Waals surface area contributed by atoms with Crippen molar-refractivity contribution in [3.63, 3.8) is 0 Å². The molecule has 1 aliphatic carbocycles. The van der Waals surface area contributed by atoms with Gasteiger partial charge in [-0.2, -0.15) is 0 Å². The molecule has 1 heterocycles. The molecule has 3 heteroatoms. The summed E-state index contributed by atoms with van der Waals surface area (Å²) in [6.45, 7) is 2.22. The molecule has 1 fully saturated rings. The van der Waals surface area contributed by atoms with Gasteiger partial charge < -0.3 is 10.2 Å². The van der Waals surface area contributed by atoms with Gasteiger partial charge in [-0.15, -0.1) is 0 Å². The Hall–Kier alpha value is -0.280. The standard InChI is InChI=1S/C10H14BrNO/c1-2-6-5-7(6)10(12)8-3-4-9(11)13-8/h3-4,6-7,10H,2,5,12H2,1H3. The molecule has 2 rings (SSSR count). The Kier molecular flexibility index (Phi) is 2.47. The highest BCUT2D eigenvalue weighted by atomic mass is 79.9. The van der Waals surface area contributed by atoms with Gasteiger partial charge in [0.15, 0.2) is 4.67 Å². The Morgan fingerprint density at radius 3 is 2.92 bits per heavy atom. The summed E-state index contributed by atoms with van der Waals surface area (Å²) >= 11 is 3.28. The molecule has 1 aromatic heterocycles. The van der Waals surface area contributed by atoms with Crippen molar-refractivity contribution in [2.45, 2.75) is 25.8 Å². The summed E-state index contributed by atoms with van der Waals surface area (Å²) in [5.74, 6) is 2.37. The fourth-order valence-corrected chi connectivity index (χ4v) is 2.22. The lowest BCUT2D eigenvalue weighted by Crippen LogP contribution is -2.12. The number of hydrogen-bond acceptors (Lipinski definition) is 2. The average molecular weight is 244 g/mol. The third-order valence-corrected chi connectivity index (χ3v) is 3.31. The molecule has 3 unspecified atom stereocenters. The van der Waals surface area contributed by atoms with Crippen LogP contribution >= 0.6 is 15.9 Å². The lowest BCUT2D eigenvalue weighted by Gasteiger charge is -2.06. The summed E-state index contributed by atoms with van der Waals surface area (Å²) in [4.78, 5) is 0. The van der Waals surface area contributed by atoms with Crippen LogP contribution in [0.15, 0.2) is 21.2 Å². The van der Waals surface area contributed by atoms with Crippen molar-refractivity contribution in [3.8, 4) is 0 Å². The summed E-state index contributed by atoms with van der Waals surface area (Å²) < 4.78 is 6.20. The van der Waals surface area contributed by atoms with E-state index in [0.29, 0.717) is 5.92 Å². The van der Waals surface area contributed by atoms with Gasteiger partial charge in [-0.1, -0.05) is 13.3 Å². The molecule has 13 heavy (non-hydrogen) atoms. The van der Waals surface area contributed by atoms with E-state index in [2.05, 4.69) is 22.9 Å². The molecular weight excluding hydrogens is 230 g/mol. The van der Waals surface area contributed by atoms with Crippen LogP contribution in [-0.4, -0.2) is 0 Å². The van der Waals surface area contributed by atoms with E-state index in [4.69, 9.17) is 10.2 Å². The van der Waals surface area contributed by atoms with Crippen LogP contribution in [0, 0.1) is 11.8 Å². The van der Waals surface area contributed by atoms with E-state index in [0.717, 1.165) is 16.3 Å². The highest BCUT2D eigenvalue weighted by Gasteiger charge is 2.41. The lowest BCUT2D eigenvalue weighted by molar-refractivity contribution is 0.416. The quantitative estimate of drug-likeness (QED) is 0.887. The van der Waals surface area contributed by atoms with Crippen LogP contribution in [-0.2, 0) is 0 Å². The van der Waals surface area contributed by atoms with E-state index in [9.17, 15) is 0 Å². The van der Waals surface area contributed by atoms with Crippen molar-refractivity contribution in [2.75, 3.05) is 0 Å². The number of nitrogens with two attached hydrogens (primary N) is 1. The highest BCUT2D eigenvalue weighted by Crippen LogP contribution is 2.48. The van der Waals surface area contributed by atoms with Crippen molar-refractivity contribution in [2.24, 2.45) is 17.6 Å². The number of rotatable bonds is 3. The van der Waals surface area contributed by atoms with Gasteiger partial charge >= 0.3 is 0 Å². The molecule has 0 radical (unpaired) electrons. The van der Waals surface area contributed by atoms with Crippen LogP contribution < -0.4 is 5.73 Å². The Balaban J connectivity index is 2.02. The molecular formula is C10H14BrNO. The molecule has 2 N–H and O–H groups in total. The van der Waals surface area contributed by atoms with Crippen LogP contribution in [0.4, 0.5) is 0 Å². The first-order valence-corrected chi connectivity index (χ1v) is 5.52. The molecule has 1 aliphatic rings. The van der Waals surface area contributed by atoms with Crippen LogP contribution in [0.25, 0.3) is 0 Å². The second kappa shape index (κ2) is 3.46. The molecule has 0 saturated heterocycles. The zero-order chi connectivity index (χ0) is 9.42. The Bertz CT molecular complexity index is 297. The second-order valence-corrected chi connectivity index (χ2v) is 4.52. The smallest absolute Gasteiger partial charge is 0.169 e. The summed E-state index contributed by atoms with van der Waals surface area (Å²) in [5.41, 5.74) is 6.06. The topological polar surface area (TPSA) is 39.2 Å². The first-order chi connectivity index (χ1) is 6.22. The molecule has 0 bridgehead atoms. The maximum absolute atomic E-state index is 6.06. The highest BCUT2D eigenvalue weighted by molar-refractivity contribution is 9.10. The van der Waals surface area contributed by atoms with Gasteiger partial charge in [0, 0.05) is 0 Å².